The summed E-state index contributed by atoms with van der Waals surface area (Å²) in [5, 5.41) is 0. The summed E-state index contributed by atoms with van der Waals surface area (Å²) in [6.07, 6.45) is 56.8. The van der Waals surface area contributed by atoms with E-state index < -0.39 is 32.5 Å². The molecule has 61 heavy (non-hydrogen) atoms. The lowest BCUT2D eigenvalue weighted by atomic mass is 10.0. The maximum absolute atomic E-state index is 12.6. The maximum Gasteiger partial charge on any atom is 0.472 e. The summed E-state index contributed by atoms with van der Waals surface area (Å²) < 4.78 is 32.9. The molecule has 0 aliphatic heterocycles. The van der Waals surface area contributed by atoms with E-state index in [0.29, 0.717) is 6.42 Å². The Morgan fingerprint density at radius 3 is 1.33 bits per heavy atom. The van der Waals surface area contributed by atoms with Gasteiger partial charge >= 0.3 is 19.8 Å². The monoisotopic (exact) mass is 878 g/mol. The van der Waals surface area contributed by atoms with Crippen LogP contribution in [0.15, 0.2) is 60.8 Å². The minimum absolute atomic E-state index is 0.0458. The molecule has 0 aliphatic carbocycles. The summed E-state index contributed by atoms with van der Waals surface area (Å²) >= 11 is 0. The van der Waals surface area contributed by atoms with Crippen LogP contribution in [0.1, 0.15) is 219 Å². The fourth-order valence-corrected chi connectivity index (χ4v) is 7.44. The number of carbonyl (C=O) groups is 2. The topological polar surface area (TPSA) is 134 Å². The normalized spacial score (nSPS) is 13.7. The zero-order valence-corrected chi connectivity index (χ0v) is 40.0. The molecular formula is C51H92NO8P. The lowest BCUT2D eigenvalue weighted by Crippen LogP contribution is -2.29. The fourth-order valence-electron chi connectivity index (χ4n) is 6.67. The van der Waals surface area contributed by atoms with Gasteiger partial charge in [0.05, 0.1) is 13.2 Å². The van der Waals surface area contributed by atoms with Crippen molar-refractivity contribution in [2.75, 3.05) is 26.4 Å². The number of esters is 2. The molecule has 0 bridgehead atoms. The Morgan fingerprint density at radius 1 is 0.492 bits per heavy atom. The lowest BCUT2D eigenvalue weighted by molar-refractivity contribution is -0.161. The molecular weight excluding hydrogens is 786 g/mol. The first-order valence-electron chi connectivity index (χ1n) is 24.8. The van der Waals surface area contributed by atoms with Gasteiger partial charge in [0.1, 0.15) is 6.61 Å². The van der Waals surface area contributed by atoms with Gasteiger partial charge in [0, 0.05) is 19.4 Å². The van der Waals surface area contributed by atoms with Crippen LogP contribution in [-0.4, -0.2) is 49.3 Å². The van der Waals surface area contributed by atoms with Gasteiger partial charge in [-0.1, -0.05) is 184 Å². The standard InChI is InChI=1S/C51H92NO8P/c1-3-5-7-9-11-13-15-17-19-21-23-24-26-27-29-31-33-35-37-39-41-43-50(53)57-47-49(48-59-61(55,56)58-46-45-52)60-51(54)44-42-40-38-36-34-32-30-28-25-22-20-18-16-14-12-10-8-6-4-2/h12,14,17-20,25,28,32,34,49H,3-11,13,15-16,21-24,26-27,29-31,33,35-48,52H2,1-2H3,(H,55,56)/t49-/m1/s1. The third kappa shape index (κ3) is 47.0. The highest BCUT2D eigenvalue weighted by molar-refractivity contribution is 7.47. The quantitative estimate of drug-likeness (QED) is 0.0265. The number of phosphoric acid groups is 1. The van der Waals surface area contributed by atoms with E-state index in [4.69, 9.17) is 24.3 Å². The Morgan fingerprint density at radius 2 is 0.852 bits per heavy atom. The van der Waals surface area contributed by atoms with Gasteiger partial charge < -0.3 is 20.1 Å². The summed E-state index contributed by atoms with van der Waals surface area (Å²) in [4.78, 5) is 35.0. The smallest absolute Gasteiger partial charge is 0.462 e. The second-order valence-electron chi connectivity index (χ2n) is 16.3. The Balaban J connectivity index is 4.13. The van der Waals surface area contributed by atoms with Crippen LogP contribution in [0, 0.1) is 0 Å². The van der Waals surface area contributed by atoms with Gasteiger partial charge in [-0.05, 0) is 83.5 Å². The predicted octanol–water partition coefficient (Wildman–Crippen LogP) is 14.8. The van der Waals surface area contributed by atoms with Crippen molar-refractivity contribution in [3.8, 4) is 0 Å². The van der Waals surface area contributed by atoms with Crippen molar-refractivity contribution >= 4 is 19.8 Å². The Hall–Kier alpha value is -2.29. The second kappa shape index (κ2) is 47.2. The first-order valence-corrected chi connectivity index (χ1v) is 26.3. The van der Waals surface area contributed by atoms with Gasteiger partial charge in [-0.25, -0.2) is 4.57 Å². The number of nitrogens with two attached hydrogens (primary N) is 1. The highest BCUT2D eigenvalue weighted by Gasteiger charge is 2.26. The second-order valence-corrected chi connectivity index (χ2v) is 17.8. The molecule has 0 spiro atoms. The summed E-state index contributed by atoms with van der Waals surface area (Å²) in [6, 6.07) is 0. The van der Waals surface area contributed by atoms with E-state index in [1.807, 2.05) is 0 Å². The molecule has 0 rings (SSSR count). The molecule has 0 amide bonds. The van der Waals surface area contributed by atoms with E-state index in [-0.39, 0.29) is 32.6 Å². The largest absolute Gasteiger partial charge is 0.472 e. The molecule has 0 aromatic rings. The number of allylic oxidation sites excluding steroid dienone is 10. The molecule has 9 nitrogen and oxygen atoms in total. The van der Waals surface area contributed by atoms with Gasteiger partial charge in [0.15, 0.2) is 6.10 Å². The molecule has 10 heteroatoms. The van der Waals surface area contributed by atoms with Crippen LogP contribution in [0.4, 0.5) is 0 Å². The number of hydrogen-bond donors (Lipinski definition) is 2. The van der Waals surface area contributed by atoms with Crippen molar-refractivity contribution in [1.29, 1.82) is 0 Å². The SMILES string of the molecule is CCCCCC=CCC=CCC=CCC=CCCCCCC(=O)O[C@H](COC(=O)CCCCCCCCCCCCCC=CCCCCCCCC)COP(=O)(O)OCCN. The molecule has 0 saturated heterocycles. The number of rotatable bonds is 46. The van der Waals surface area contributed by atoms with Crippen molar-refractivity contribution in [2.45, 2.75) is 225 Å². The number of carbonyl (C=O) groups excluding carboxylic acids is 2. The summed E-state index contributed by atoms with van der Waals surface area (Å²) in [7, 11) is -4.39. The average Bonchev–Trinajstić information content (AvgIpc) is 3.25. The zero-order chi connectivity index (χ0) is 44.6. The van der Waals surface area contributed by atoms with Gasteiger partial charge in [0.2, 0.25) is 0 Å². The van der Waals surface area contributed by atoms with E-state index in [1.165, 1.54) is 128 Å². The molecule has 0 fully saturated rings. The van der Waals surface area contributed by atoms with Gasteiger partial charge in [-0.3, -0.25) is 18.6 Å². The minimum atomic E-state index is -4.39. The third-order valence-electron chi connectivity index (χ3n) is 10.4. The van der Waals surface area contributed by atoms with Crippen molar-refractivity contribution in [3.05, 3.63) is 60.8 Å². The minimum Gasteiger partial charge on any atom is -0.462 e. The molecule has 354 valence electrons. The van der Waals surface area contributed by atoms with Crippen LogP contribution < -0.4 is 5.73 Å². The first-order chi connectivity index (χ1) is 29.8. The molecule has 0 aliphatic rings. The number of unbranched alkanes of at least 4 members (excludes halogenated alkanes) is 23. The summed E-state index contributed by atoms with van der Waals surface area (Å²) in [5.41, 5.74) is 5.36. The lowest BCUT2D eigenvalue weighted by Gasteiger charge is -2.19. The number of phosphoric ester groups is 1. The van der Waals surface area contributed by atoms with E-state index in [2.05, 4.69) is 74.6 Å². The molecule has 0 aromatic carbocycles. The van der Waals surface area contributed by atoms with Crippen LogP contribution >= 0.6 is 7.82 Å². The van der Waals surface area contributed by atoms with Crippen LogP contribution in [-0.2, 0) is 32.7 Å². The van der Waals surface area contributed by atoms with Crippen LogP contribution in [0.25, 0.3) is 0 Å². The molecule has 0 heterocycles. The maximum atomic E-state index is 12.6. The van der Waals surface area contributed by atoms with Crippen LogP contribution in [0.2, 0.25) is 0 Å². The molecule has 1 unspecified atom stereocenters. The Bertz CT molecular complexity index is 1180. The van der Waals surface area contributed by atoms with E-state index >= 15 is 0 Å². The molecule has 3 N–H and O–H groups in total. The van der Waals surface area contributed by atoms with Crippen molar-refractivity contribution < 1.29 is 37.6 Å². The van der Waals surface area contributed by atoms with E-state index in [1.54, 1.807) is 0 Å². The Kier molecular flexibility index (Phi) is 45.4. The fraction of sp³-hybridized carbons (Fsp3) is 0.765. The summed E-state index contributed by atoms with van der Waals surface area (Å²) in [5.74, 6) is -0.863. The van der Waals surface area contributed by atoms with Crippen molar-refractivity contribution in [2.24, 2.45) is 5.73 Å². The first kappa shape index (κ1) is 58.7. The van der Waals surface area contributed by atoms with Crippen LogP contribution in [0.3, 0.4) is 0 Å². The molecule has 0 saturated carbocycles. The molecule has 0 radical (unpaired) electrons. The zero-order valence-electron chi connectivity index (χ0n) is 39.1. The van der Waals surface area contributed by atoms with Crippen molar-refractivity contribution in [3.63, 3.8) is 0 Å². The van der Waals surface area contributed by atoms with Crippen molar-refractivity contribution in [1.82, 2.24) is 0 Å². The Labute approximate surface area is 374 Å². The number of ether oxygens (including phenoxy) is 2. The third-order valence-corrected chi connectivity index (χ3v) is 11.4. The van der Waals surface area contributed by atoms with Gasteiger partial charge in [-0.15, -0.1) is 0 Å². The number of hydrogen-bond acceptors (Lipinski definition) is 8. The molecule has 2 atom stereocenters. The summed E-state index contributed by atoms with van der Waals surface area (Å²) in [6.45, 7) is 3.68. The molecule has 0 aromatic heterocycles. The highest BCUT2D eigenvalue weighted by atomic mass is 31.2. The van der Waals surface area contributed by atoms with Gasteiger partial charge in [0.25, 0.3) is 0 Å². The van der Waals surface area contributed by atoms with Gasteiger partial charge in [-0.2, -0.15) is 0 Å². The highest BCUT2D eigenvalue weighted by Crippen LogP contribution is 2.43. The van der Waals surface area contributed by atoms with Crippen LogP contribution in [0.5, 0.6) is 0 Å². The van der Waals surface area contributed by atoms with E-state index in [9.17, 15) is 19.0 Å². The predicted molar refractivity (Wildman–Crippen MR) is 256 cm³/mol. The van der Waals surface area contributed by atoms with E-state index in [0.717, 1.165) is 57.8 Å². The average molecular weight is 878 g/mol.